The van der Waals surface area contributed by atoms with Crippen molar-refractivity contribution in [2.24, 2.45) is 0 Å². The molecule has 5 heteroatoms. The van der Waals surface area contributed by atoms with Gasteiger partial charge in [0.1, 0.15) is 5.58 Å². The number of rotatable bonds is 5. The van der Waals surface area contributed by atoms with Crippen molar-refractivity contribution in [2.75, 3.05) is 0 Å². The number of aromatic nitrogens is 1. The SMILES string of the molecule is O=C(/C=C/c1ccc[n+](Cc2ccccc2)c1)c1cc2cc(Br)ccc2o1.[Br-]. The van der Waals surface area contributed by atoms with Gasteiger partial charge in [-0.1, -0.05) is 46.3 Å². The minimum atomic E-state index is -0.152. The molecule has 2 aromatic carbocycles. The van der Waals surface area contributed by atoms with E-state index in [1.54, 1.807) is 12.1 Å². The average molecular weight is 499 g/mol. The normalized spacial score (nSPS) is 10.9. The summed E-state index contributed by atoms with van der Waals surface area (Å²) in [5.41, 5.74) is 2.89. The first kappa shape index (κ1) is 20.2. The van der Waals surface area contributed by atoms with Crippen LogP contribution in [0, 0.1) is 0 Å². The summed E-state index contributed by atoms with van der Waals surface area (Å²) in [5.74, 6) is 0.188. The second kappa shape index (κ2) is 9.13. The highest BCUT2D eigenvalue weighted by Crippen LogP contribution is 2.23. The minimum absolute atomic E-state index is 0. The lowest BCUT2D eigenvalue weighted by Crippen LogP contribution is -3.00. The highest BCUT2D eigenvalue weighted by Gasteiger charge is 2.10. The number of pyridine rings is 1. The average Bonchev–Trinajstić information content (AvgIpc) is 3.10. The second-order valence-corrected chi connectivity index (χ2v) is 7.20. The zero-order valence-electron chi connectivity index (χ0n) is 14.9. The molecule has 0 radical (unpaired) electrons. The Morgan fingerprint density at radius 2 is 1.86 bits per heavy atom. The molecule has 0 saturated carbocycles. The summed E-state index contributed by atoms with van der Waals surface area (Å²) >= 11 is 3.43. The van der Waals surface area contributed by atoms with Gasteiger partial charge in [0.25, 0.3) is 0 Å². The summed E-state index contributed by atoms with van der Waals surface area (Å²) in [6.07, 6.45) is 7.40. The number of hydrogen-bond donors (Lipinski definition) is 0. The fourth-order valence-corrected chi connectivity index (χ4v) is 3.30. The Balaban J connectivity index is 0.00000225. The first-order valence-corrected chi connectivity index (χ1v) is 9.41. The van der Waals surface area contributed by atoms with E-state index in [2.05, 4.69) is 32.6 Å². The first-order chi connectivity index (χ1) is 13.2. The Morgan fingerprint density at radius 1 is 1.04 bits per heavy atom. The lowest BCUT2D eigenvalue weighted by atomic mass is 10.2. The molecule has 0 bridgehead atoms. The van der Waals surface area contributed by atoms with Gasteiger partial charge in [0.15, 0.2) is 24.7 Å². The van der Waals surface area contributed by atoms with E-state index >= 15 is 0 Å². The maximum atomic E-state index is 12.4. The molecule has 28 heavy (non-hydrogen) atoms. The van der Waals surface area contributed by atoms with E-state index in [0.717, 1.165) is 22.0 Å². The van der Waals surface area contributed by atoms with Crippen LogP contribution in [-0.2, 0) is 6.54 Å². The monoisotopic (exact) mass is 497 g/mol. The third-order valence-corrected chi connectivity index (χ3v) is 4.73. The highest BCUT2D eigenvalue weighted by atomic mass is 79.9. The van der Waals surface area contributed by atoms with Gasteiger partial charge in [0.2, 0.25) is 5.78 Å². The molecule has 0 fully saturated rings. The number of nitrogens with zero attached hydrogens (tertiary/aromatic N) is 1. The van der Waals surface area contributed by atoms with Crippen LogP contribution in [0.5, 0.6) is 0 Å². The van der Waals surface area contributed by atoms with Crippen LogP contribution >= 0.6 is 15.9 Å². The number of benzene rings is 2. The van der Waals surface area contributed by atoms with Crippen molar-refractivity contribution in [1.29, 1.82) is 0 Å². The molecule has 140 valence electrons. The van der Waals surface area contributed by atoms with Crippen molar-refractivity contribution in [3.05, 3.63) is 107 Å². The Labute approximate surface area is 182 Å². The topological polar surface area (TPSA) is 34.1 Å². The van der Waals surface area contributed by atoms with Gasteiger partial charge in [-0.3, -0.25) is 4.79 Å². The van der Waals surface area contributed by atoms with Crippen LogP contribution in [0.2, 0.25) is 0 Å². The number of hydrogen-bond acceptors (Lipinski definition) is 2. The molecule has 0 unspecified atom stereocenters. The van der Waals surface area contributed by atoms with Crippen LogP contribution in [0.15, 0.2) is 94.1 Å². The Kier molecular flexibility index (Phi) is 6.60. The molecule has 0 atom stereocenters. The van der Waals surface area contributed by atoms with Crippen LogP contribution in [0.4, 0.5) is 0 Å². The van der Waals surface area contributed by atoms with E-state index in [9.17, 15) is 4.79 Å². The first-order valence-electron chi connectivity index (χ1n) is 8.62. The number of ketones is 1. The predicted octanol–water partition coefficient (Wildman–Crippen LogP) is 2.43. The third kappa shape index (κ3) is 4.86. The Hall–Kier alpha value is -2.50. The van der Waals surface area contributed by atoms with E-state index < -0.39 is 0 Å². The van der Waals surface area contributed by atoms with Gasteiger partial charge in [0, 0.05) is 27.1 Å². The van der Waals surface area contributed by atoms with Crippen molar-refractivity contribution in [3.63, 3.8) is 0 Å². The maximum absolute atomic E-state index is 12.4. The van der Waals surface area contributed by atoms with E-state index in [1.165, 1.54) is 5.56 Å². The number of furan rings is 1. The van der Waals surface area contributed by atoms with Crippen LogP contribution in [-0.4, -0.2) is 5.78 Å². The summed E-state index contributed by atoms with van der Waals surface area (Å²) in [6, 6.07) is 21.7. The van der Waals surface area contributed by atoms with Gasteiger partial charge in [-0.05, 0) is 42.5 Å². The standard InChI is InChI=1S/C23H17BrNO2.BrH/c24-20-9-11-22-19(13-20)14-23(27-22)21(26)10-8-18-7-4-12-25(16-18)15-17-5-2-1-3-6-17;/h1-14,16H,15H2;1H/q+1;/p-1/b10-8+;. The molecular formula is C23H17Br2NO2. The summed E-state index contributed by atoms with van der Waals surface area (Å²) in [5, 5.41) is 0.904. The molecule has 3 nitrogen and oxygen atoms in total. The van der Waals surface area contributed by atoms with Gasteiger partial charge in [0.05, 0.1) is 0 Å². The van der Waals surface area contributed by atoms with E-state index in [1.807, 2.05) is 67.0 Å². The summed E-state index contributed by atoms with van der Waals surface area (Å²) < 4.78 is 8.70. The Morgan fingerprint density at radius 3 is 2.68 bits per heavy atom. The molecule has 0 aliphatic heterocycles. The molecular weight excluding hydrogens is 482 g/mol. The van der Waals surface area contributed by atoms with Crippen LogP contribution in [0.1, 0.15) is 21.7 Å². The summed E-state index contributed by atoms with van der Waals surface area (Å²) in [4.78, 5) is 12.4. The number of carbonyl (C=O) groups is 1. The smallest absolute Gasteiger partial charge is 0.221 e. The van der Waals surface area contributed by atoms with E-state index in [-0.39, 0.29) is 22.8 Å². The Bertz CT molecular complexity index is 1130. The molecule has 2 aromatic heterocycles. The predicted molar refractivity (Wildman–Crippen MR) is 109 cm³/mol. The van der Waals surface area contributed by atoms with Crippen molar-refractivity contribution >= 4 is 38.8 Å². The lowest BCUT2D eigenvalue weighted by molar-refractivity contribution is -0.688. The van der Waals surface area contributed by atoms with E-state index in [4.69, 9.17) is 4.42 Å². The molecule has 0 aliphatic carbocycles. The molecule has 0 saturated heterocycles. The third-order valence-electron chi connectivity index (χ3n) is 4.24. The molecule has 4 aromatic rings. The zero-order chi connectivity index (χ0) is 18.6. The zero-order valence-corrected chi connectivity index (χ0v) is 18.1. The summed E-state index contributed by atoms with van der Waals surface area (Å²) in [6.45, 7) is 0.787. The molecule has 0 amide bonds. The van der Waals surface area contributed by atoms with Gasteiger partial charge in [-0.15, -0.1) is 0 Å². The summed E-state index contributed by atoms with van der Waals surface area (Å²) in [7, 11) is 0. The number of allylic oxidation sites excluding steroid dienone is 1. The number of halogens is 2. The van der Waals surface area contributed by atoms with Crippen molar-refractivity contribution in [3.8, 4) is 0 Å². The quantitative estimate of drug-likeness (QED) is 0.240. The van der Waals surface area contributed by atoms with Crippen molar-refractivity contribution in [2.45, 2.75) is 6.54 Å². The van der Waals surface area contributed by atoms with Gasteiger partial charge < -0.3 is 21.4 Å². The van der Waals surface area contributed by atoms with Crippen LogP contribution in [0.3, 0.4) is 0 Å². The number of fused-ring (bicyclic) bond motifs is 1. The van der Waals surface area contributed by atoms with Crippen molar-refractivity contribution in [1.82, 2.24) is 0 Å². The largest absolute Gasteiger partial charge is 1.00 e. The van der Waals surface area contributed by atoms with Crippen molar-refractivity contribution < 1.29 is 30.8 Å². The number of carbonyl (C=O) groups excluding carboxylic acids is 1. The fourth-order valence-electron chi connectivity index (χ4n) is 2.92. The lowest BCUT2D eigenvalue weighted by Gasteiger charge is -1.98. The van der Waals surface area contributed by atoms with Gasteiger partial charge >= 0.3 is 0 Å². The highest BCUT2D eigenvalue weighted by molar-refractivity contribution is 9.10. The second-order valence-electron chi connectivity index (χ2n) is 6.29. The molecule has 0 spiro atoms. The van der Waals surface area contributed by atoms with Gasteiger partial charge in [-0.2, -0.15) is 0 Å². The minimum Gasteiger partial charge on any atom is -1.00 e. The van der Waals surface area contributed by atoms with Crippen LogP contribution < -0.4 is 21.5 Å². The molecule has 0 aliphatic rings. The molecule has 0 N–H and O–H groups in total. The fraction of sp³-hybridized carbons (Fsp3) is 0.0435. The maximum Gasteiger partial charge on any atom is 0.221 e. The van der Waals surface area contributed by atoms with Gasteiger partial charge in [-0.25, -0.2) is 4.57 Å². The molecule has 2 heterocycles. The van der Waals surface area contributed by atoms with E-state index in [0.29, 0.717) is 11.3 Å². The van der Waals surface area contributed by atoms with Crippen LogP contribution in [0.25, 0.3) is 17.0 Å². The molecule has 4 rings (SSSR count).